The van der Waals surface area contributed by atoms with E-state index in [0.717, 1.165) is 19.3 Å². The summed E-state index contributed by atoms with van der Waals surface area (Å²) in [4.78, 5) is 21.8. The van der Waals surface area contributed by atoms with Crippen molar-refractivity contribution in [2.24, 2.45) is 5.92 Å². The summed E-state index contributed by atoms with van der Waals surface area (Å²) in [5.41, 5.74) is 0.526. The molecular weight excluding hydrogens is 180 g/mol. The van der Waals surface area contributed by atoms with Gasteiger partial charge in [0.2, 0.25) is 0 Å². The second kappa shape index (κ2) is 4.94. The molecule has 0 aromatic heterocycles. The van der Waals surface area contributed by atoms with Crippen molar-refractivity contribution in [2.75, 3.05) is 0 Å². The summed E-state index contributed by atoms with van der Waals surface area (Å²) in [6, 6.07) is 0. The molecule has 3 nitrogen and oxygen atoms in total. The molecule has 0 radical (unpaired) electrons. The summed E-state index contributed by atoms with van der Waals surface area (Å²) in [6.45, 7) is 4.23. The number of ether oxygens (including phenoxy) is 1. The molecule has 0 N–H and O–H groups in total. The first-order chi connectivity index (χ1) is 6.63. The zero-order chi connectivity index (χ0) is 10.6. The van der Waals surface area contributed by atoms with Crippen LogP contribution in [0.3, 0.4) is 0 Å². The summed E-state index contributed by atoms with van der Waals surface area (Å²) in [6.07, 6.45) is 5.38. The molecule has 1 aliphatic rings. The molecule has 0 saturated carbocycles. The van der Waals surface area contributed by atoms with Gasteiger partial charge in [0.1, 0.15) is 0 Å². The first-order valence-electron chi connectivity index (χ1n) is 5.10. The van der Waals surface area contributed by atoms with Gasteiger partial charge in [-0.3, -0.25) is 0 Å². The average Bonchev–Trinajstić information content (AvgIpc) is 2.42. The van der Waals surface area contributed by atoms with E-state index >= 15 is 0 Å². The van der Waals surface area contributed by atoms with Gasteiger partial charge in [-0.05, 0) is 12.3 Å². The van der Waals surface area contributed by atoms with E-state index in [-0.39, 0.29) is 0 Å². The Bertz CT molecular complexity index is 266. The van der Waals surface area contributed by atoms with Crippen molar-refractivity contribution in [2.45, 2.75) is 39.5 Å². The van der Waals surface area contributed by atoms with Crippen molar-refractivity contribution < 1.29 is 14.3 Å². The molecular formula is C11H16O3. The number of rotatable bonds is 5. The third kappa shape index (κ3) is 2.98. The fourth-order valence-electron chi connectivity index (χ4n) is 1.56. The Hall–Kier alpha value is -1.12. The highest BCUT2D eigenvalue weighted by molar-refractivity contribution is 6.08. The van der Waals surface area contributed by atoms with E-state index in [1.165, 1.54) is 6.08 Å². The SMILES string of the molecule is CCCCC(C)CC1=CC(=O)OC1=O. The fourth-order valence-corrected chi connectivity index (χ4v) is 1.56. The number of hydrogen-bond acceptors (Lipinski definition) is 3. The lowest BCUT2D eigenvalue weighted by Gasteiger charge is -2.08. The molecule has 0 bridgehead atoms. The van der Waals surface area contributed by atoms with Gasteiger partial charge in [-0.25, -0.2) is 9.59 Å². The Balaban J connectivity index is 2.40. The lowest BCUT2D eigenvalue weighted by molar-refractivity contribution is -0.150. The predicted molar refractivity (Wildman–Crippen MR) is 52.5 cm³/mol. The lowest BCUT2D eigenvalue weighted by atomic mass is 9.96. The molecule has 0 amide bonds. The fraction of sp³-hybridized carbons (Fsp3) is 0.636. The monoisotopic (exact) mass is 196 g/mol. The molecule has 1 unspecified atom stereocenters. The lowest BCUT2D eigenvalue weighted by Crippen LogP contribution is -2.05. The van der Waals surface area contributed by atoms with E-state index in [4.69, 9.17) is 0 Å². The van der Waals surface area contributed by atoms with Crippen LogP contribution in [0.2, 0.25) is 0 Å². The summed E-state index contributed by atoms with van der Waals surface area (Å²) in [5.74, 6) is -0.536. The van der Waals surface area contributed by atoms with Gasteiger partial charge in [-0.15, -0.1) is 0 Å². The van der Waals surface area contributed by atoms with Crippen LogP contribution in [0.5, 0.6) is 0 Å². The van der Waals surface area contributed by atoms with Crippen molar-refractivity contribution in [3.05, 3.63) is 11.6 Å². The first-order valence-corrected chi connectivity index (χ1v) is 5.10. The molecule has 3 heteroatoms. The number of carbonyl (C=O) groups is 2. The maximum Gasteiger partial charge on any atom is 0.342 e. The van der Waals surface area contributed by atoms with Gasteiger partial charge >= 0.3 is 11.9 Å². The maximum atomic E-state index is 11.1. The molecule has 0 aromatic carbocycles. The van der Waals surface area contributed by atoms with Crippen LogP contribution in [-0.2, 0) is 14.3 Å². The molecule has 78 valence electrons. The molecule has 1 rings (SSSR count). The zero-order valence-corrected chi connectivity index (χ0v) is 8.71. The summed E-state index contributed by atoms with van der Waals surface area (Å²) < 4.78 is 4.41. The molecule has 0 aliphatic carbocycles. The minimum atomic E-state index is -0.521. The Kier molecular flexibility index (Phi) is 3.86. The van der Waals surface area contributed by atoms with Gasteiger partial charge in [-0.1, -0.05) is 33.1 Å². The minimum Gasteiger partial charge on any atom is -0.386 e. The quantitative estimate of drug-likeness (QED) is 0.500. The molecule has 14 heavy (non-hydrogen) atoms. The highest BCUT2D eigenvalue weighted by Crippen LogP contribution is 2.21. The van der Waals surface area contributed by atoms with E-state index in [0.29, 0.717) is 17.9 Å². The smallest absolute Gasteiger partial charge is 0.342 e. The highest BCUT2D eigenvalue weighted by atomic mass is 16.6. The second-order valence-corrected chi connectivity index (χ2v) is 3.83. The van der Waals surface area contributed by atoms with Gasteiger partial charge in [-0.2, -0.15) is 0 Å². The maximum absolute atomic E-state index is 11.1. The van der Waals surface area contributed by atoms with E-state index in [1.807, 2.05) is 0 Å². The largest absolute Gasteiger partial charge is 0.386 e. The number of cyclic esters (lactones) is 2. The van der Waals surface area contributed by atoms with Crippen LogP contribution in [-0.4, -0.2) is 11.9 Å². The van der Waals surface area contributed by atoms with E-state index < -0.39 is 11.9 Å². The minimum absolute atomic E-state index is 0.444. The van der Waals surface area contributed by atoms with Gasteiger partial charge in [0.15, 0.2) is 0 Å². The van der Waals surface area contributed by atoms with Crippen molar-refractivity contribution in [3.8, 4) is 0 Å². The summed E-state index contributed by atoms with van der Waals surface area (Å²) in [7, 11) is 0. The molecule has 0 saturated heterocycles. The molecule has 0 spiro atoms. The highest BCUT2D eigenvalue weighted by Gasteiger charge is 2.24. The second-order valence-electron chi connectivity index (χ2n) is 3.83. The molecule has 1 atom stereocenters. The van der Waals surface area contributed by atoms with Crippen molar-refractivity contribution in [1.29, 1.82) is 0 Å². The van der Waals surface area contributed by atoms with Crippen LogP contribution in [0.4, 0.5) is 0 Å². The van der Waals surface area contributed by atoms with Gasteiger partial charge in [0.25, 0.3) is 0 Å². The van der Waals surface area contributed by atoms with Crippen molar-refractivity contribution in [1.82, 2.24) is 0 Å². The Morgan fingerprint density at radius 1 is 1.43 bits per heavy atom. The van der Waals surface area contributed by atoms with Crippen LogP contribution in [0.1, 0.15) is 39.5 Å². The van der Waals surface area contributed by atoms with Crippen molar-refractivity contribution >= 4 is 11.9 Å². The normalized spacial score (nSPS) is 18.0. The van der Waals surface area contributed by atoms with Crippen LogP contribution in [0.15, 0.2) is 11.6 Å². The van der Waals surface area contributed by atoms with Gasteiger partial charge in [0.05, 0.1) is 0 Å². The number of carbonyl (C=O) groups excluding carboxylic acids is 2. The Morgan fingerprint density at radius 3 is 2.64 bits per heavy atom. The van der Waals surface area contributed by atoms with Crippen LogP contribution >= 0.6 is 0 Å². The van der Waals surface area contributed by atoms with Crippen LogP contribution in [0.25, 0.3) is 0 Å². The first kappa shape index (κ1) is 11.0. The Labute approximate surface area is 84.1 Å². The van der Waals surface area contributed by atoms with Crippen LogP contribution in [0, 0.1) is 5.92 Å². The van der Waals surface area contributed by atoms with E-state index in [9.17, 15) is 9.59 Å². The number of hydrogen-bond donors (Lipinski definition) is 0. The summed E-state index contributed by atoms with van der Waals surface area (Å²) in [5, 5.41) is 0. The van der Waals surface area contributed by atoms with Gasteiger partial charge < -0.3 is 4.74 Å². The predicted octanol–water partition coefficient (Wildman–Crippen LogP) is 2.21. The average molecular weight is 196 g/mol. The van der Waals surface area contributed by atoms with Crippen molar-refractivity contribution in [3.63, 3.8) is 0 Å². The third-order valence-corrected chi connectivity index (χ3v) is 2.37. The zero-order valence-electron chi connectivity index (χ0n) is 8.71. The molecule has 1 aliphatic heterocycles. The third-order valence-electron chi connectivity index (χ3n) is 2.37. The standard InChI is InChI=1S/C11H16O3/c1-3-4-5-8(2)6-9-7-10(12)14-11(9)13/h7-8H,3-6H2,1-2H3. The topological polar surface area (TPSA) is 43.4 Å². The molecule has 0 fully saturated rings. The molecule has 1 heterocycles. The molecule has 0 aromatic rings. The number of unbranched alkanes of at least 4 members (excludes halogenated alkanes) is 1. The van der Waals surface area contributed by atoms with Gasteiger partial charge in [0, 0.05) is 11.6 Å². The number of esters is 2. The van der Waals surface area contributed by atoms with E-state index in [1.54, 1.807) is 0 Å². The van der Waals surface area contributed by atoms with Crippen LogP contribution < -0.4 is 0 Å². The van der Waals surface area contributed by atoms with E-state index in [2.05, 4.69) is 18.6 Å². The Morgan fingerprint density at radius 2 is 2.14 bits per heavy atom. The summed E-state index contributed by atoms with van der Waals surface area (Å²) >= 11 is 0.